The van der Waals surface area contributed by atoms with E-state index in [1.165, 1.54) is 11.3 Å². The van der Waals surface area contributed by atoms with Crippen LogP contribution in [0, 0.1) is 22.7 Å². The quantitative estimate of drug-likeness (QED) is 0.905. The van der Waals surface area contributed by atoms with Crippen molar-refractivity contribution in [3.63, 3.8) is 0 Å². The lowest BCUT2D eigenvalue weighted by Crippen LogP contribution is -2.27. The summed E-state index contributed by atoms with van der Waals surface area (Å²) in [4.78, 5) is 2.27. The van der Waals surface area contributed by atoms with Gasteiger partial charge in [-0.1, -0.05) is 19.1 Å². The lowest BCUT2D eigenvalue weighted by Gasteiger charge is -2.31. The molecular weight excluding hydrogens is 260 g/mol. The minimum Gasteiger partial charge on any atom is -0.387 e. The Hall–Kier alpha value is -1.53. The van der Waals surface area contributed by atoms with Gasteiger partial charge >= 0.3 is 0 Å². The molecule has 0 bridgehead atoms. The third kappa shape index (κ3) is 2.42. The number of hydrogen-bond acceptors (Lipinski definition) is 3. The Bertz CT molecular complexity index is 577. The minimum atomic E-state index is -0.662. The molecule has 0 amide bonds. The van der Waals surface area contributed by atoms with Gasteiger partial charge in [0.05, 0.1) is 17.6 Å². The number of nitrogens with zero attached hydrogens (tertiary/aromatic N) is 2. The van der Waals surface area contributed by atoms with Gasteiger partial charge in [0.15, 0.2) is 0 Å². The topological polar surface area (TPSA) is 47.3 Å². The minimum absolute atomic E-state index is 0.531. The van der Waals surface area contributed by atoms with E-state index in [2.05, 4.69) is 37.1 Å². The first-order chi connectivity index (χ1) is 10.1. The van der Waals surface area contributed by atoms with Crippen molar-refractivity contribution in [2.24, 2.45) is 11.3 Å². The zero-order chi connectivity index (χ0) is 15.0. The van der Waals surface area contributed by atoms with Gasteiger partial charge in [-0.2, -0.15) is 5.26 Å². The third-order valence-corrected chi connectivity index (χ3v) is 5.31. The molecule has 3 unspecified atom stereocenters. The molecule has 1 aliphatic carbocycles. The van der Waals surface area contributed by atoms with Crippen molar-refractivity contribution in [1.29, 1.82) is 5.26 Å². The van der Waals surface area contributed by atoms with Crippen molar-refractivity contribution in [1.82, 2.24) is 0 Å². The van der Waals surface area contributed by atoms with Crippen molar-refractivity contribution in [2.75, 3.05) is 18.5 Å². The van der Waals surface area contributed by atoms with Gasteiger partial charge in [-0.05, 0) is 55.2 Å². The molecular formula is C18H24N2O. The summed E-state index contributed by atoms with van der Waals surface area (Å²) in [5.41, 5.74) is 2.90. The molecule has 0 saturated heterocycles. The molecule has 0 radical (unpaired) electrons. The van der Waals surface area contributed by atoms with Gasteiger partial charge in [0.25, 0.3) is 0 Å². The average Bonchev–Trinajstić information content (AvgIpc) is 2.89. The van der Waals surface area contributed by atoms with E-state index in [1.54, 1.807) is 0 Å². The molecule has 3 heteroatoms. The molecule has 3 atom stereocenters. The molecule has 1 saturated carbocycles. The van der Waals surface area contributed by atoms with E-state index < -0.39 is 11.5 Å². The number of aliphatic hydroxyl groups is 1. The molecule has 1 fully saturated rings. The van der Waals surface area contributed by atoms with Gasteiger partial charge in [-0.15, -0.1) is 0 Å². The van der Waals surface area contributed by atoms with Crippen LogP contribution in [0.5, 0.6) is 0 Å². The summed E-state index contributed by atoms with van der Waals surface area (Å²) in [7, 11) is 2.11. The van der Waals surface area contributed by atoms with E-state index in [4.69, 9.17) is 0 Å². The highest BCUT2D eigenvalue weighted by molar-refractivity contribution is 5.56. The lowest BCUT2D eigenvalue weighted by atomic mass is 9.77. The second-order valence-electron chi connectivity index (χ2n) is 6.93. The van der Waals surface area contributed by atoms with Crippen molar-refractivity contribution >= 4 is 5.69 Å². The van der Waals surface area contributed by atoms with Crippen molar-refractivity contribution in [3.8, 4) is 6.07 Å². The molecule has 1 aromatic rings. The molecule has 0 spiro atoms. The van der Waals surface area contributed by atoms with Gasteiger partial charge in [-0.25, -0.2) is 0 Å². The normalized spacial score (nSPS) is 29.8. The van der Waals surface area contributed by atoms with Gasteiger partial charge in [0, 0.05) is 19.3 Å². The summed E-state index contributed by atoms with van der Waals surface area (Å²) in [5.74, 6) is 0.531. The number of rotatable bonds is 2. The van der Waals surface area contributed by atoms with Gasteiger partial charge < -0.3 is 10.0 Å². The van der Waals surface area contributed by atoms with Crippen LogP contribution < -0.4 is 4.90 Å². The van der Waals surface area contributed by atoms with Crippen LogP contribution in [-0.2, 0) is 6.42 Å². The van der Waals surface area contributed by atoms with Crippen LogP contribution in [0.4, 0.5) is 5.69 Å². The fraction of sp³-hybridized carbons (Fsp3) is 0.611. The lowest BCUT2D eigenvalue weighted by molar-refractivity contribution is 0.0646. The summed E-state index contributed by atoms with van der Waals surface area (Å²) in [6.07, 6.45) is 4.22. The van der Waals surface area contributed by atoms with E-state index in [-0.39, 0.29) is 0 Å². The van der Waals surface area contributed by atoms with E-state index >= 15 is 0 Å². The number of nitriles is 1. The third-order valence-electron chi connectivity index (χ3n) is 5.31. The average molecular weight is 284 g/mol. The Morgan fingerprint density at radius 1 is 1.48 bits per heavy atom. The number of fused-ring (bicyclic) bond motifs is 1. The second kappa shape index (κ2) is 5.35. The number of aliphatic hydroxyl groups excluding tert-OH is 1. The summed E-state index contributed by atoms with van der Waals surface area (Å²) in [5, 5.41) is 20.4. The molecule has 2 aliphatic rings. The maximum Gasteiger partial charge on any atom is 0.0976 e. The van der Waals surface area contributed by atoms with E-state index in [9.17, 15) is 10.4 Å². The maximum atomic E-state index is 10.8. The molecule has 1 N–H and O–H groups in total. The van der Waals surface area contributed by atoms with Crippen molar-refractivity contribution in [3.05, 3.63) is 29.3 Å². The zero-order valence-corrected chi connectivity index (χ0v) is 13.0. The molecule has 3 nitrogen and oxygen atoms in total. The van der Waals surface area contributed by atoms with Gasteiger partial charge in [0.1, 0.15) is 0 Å². The van der Waals surface area contributed by atoms with E-state index in [1.807, 2.05) is 6.07 Å². The maximum absolute atomic E-state index is 10.8. The number of anilines is 1. The molecule has 3 rings (SSSR count). The van der Waals surface area contributed by atoms with E-state index in [0.717, 1.165) is 44.2 Å². The Balaban J connectivity index is 1.92. The second-order valence-corrected chi connectivity index (χ2v) is 6.93. The summed E-state index contributed by atoms with van der Waals surface area (Å²) >= 11 is 0. The fourth-order valence-corrected chi connectivity index (χ4v) is 4.04. The first kappa shape index (κ1) is 14.4. The molecule has 1 heterocycles. The molecule has 0 aromatic heterocycles. The highest BCUT2D eigenvalue weighted by atomic mass is 16.3. The van der Waals surface area contributed by atoms with Gasteiger partial charge in [-0.3, -0.25) is 0 Å². The highest BCUT2D eigenvalue weighted by Gasteiger charge is 2.44. The largest absolute Gasteiger partial charge is 0.387 e. The smallest absolute Gasteiger partial charge is 0.0976 e. The predicted octanol–water partition coefficient (Wildman–Crippen LogP) is 3.43. The summed E-state index contributed by atoms with van der Waals surface area (Å²) in [6, 6.07) is 8.67. The SMILES string of the molecule is CC1CCC(C#N)(C(O)c2ccc3c(c2)CCCN3C)C1. The predicted molar refractivity (Wildman–Crippen MR) is 84.1 cm³/mol. The standard InChI is InChI=1S/C18H24N2O/c1-13-7-8-18(11-13,12-19)17(21)15-5-6-16-14(10-15)4-3-9-20(16)2/h5-6,10,13,17,21H,3-4,7-9,11H2,1-2H3. The highest BCUT2D eigenvalue weighted by Crippen LogP contribution is 2.49. The Labute approximate surface area is 127 Å². The van der Waals surface area contributed by atoms with Gasteiger partial charge in [0.2, 0.25) is 0 Å². The fourth-order valence-electron chi connectivity index (χ4n) is 4.04. The van der Waals surface area contributed by atoms with Crippen LogP contribution in [0.1, 0.15) is 49.8 Å². The Morgan fingerprint density at radius 3 is 2.95 bits per heavy atom. The van der Waals surface area contributed by atoms with Crippen LogP contribution in [0.3, 0.4) is 0 Å². The van der Waals surface area contributed by atoms with Crippen molar-refractivity contribution in [2.45, 2.75) is 45.1 Å². The number of hydrogen-bond donors (Lipinski definition) is 1. The van der Waals surface area contributed by atoms with Crippen LogP contribution in [0.2, 0.25) is 0 Å². The molecule has 112 valence electrons. The Morgan fingerprint density at radius 2 is 2.29 bits per heavy atom. The number of benzene rings is 1. The summed E-state index contributed by atoms with van der Waals surface area (Å²) in [6.45, 7) is 3.27. The Kier molecular flexibility index (Phi) is 3.67. The molecule has 21 heavy (non-hydrogen) atoms. The van der Waals surface area contributed by atoms with E-state index in [0.29, 0.717) is 5.92 Å². The van der Waals surface area contributed by atoms with Crippen LogP contribution in [0.15, 0.2) is 18.2 Å². The van der Waals surface area contributed by atoms with Crippen molar-refractivity contribution < 1.29 is 5.11 Å². The first-order valence-electron chi connectivity index (χ1n) is 7.99. The van der Waals surface area contributed by atoms with Crippen LogP contribution in [0.25, 0.3) is 0 Å². The van der Waals surface area contributed by atoms with Crippen LogP contribution in [-0.4, -0.2) is 18.7 Å². The molecule has 1 aliphatic heterocycles. The molecule has 1 aromatic carbocycles. The van der Waals surface area contributed by atoms with Crippen LogP contribution >= 0.6 is 0 Å². The monoisotopic (exact) mass is 284 g/mol. The first-order valence-corrected chi connectivity index (χ1v) is 7.99. The number of aryl methyl sites for hydroxylation is 1. The summed E-state index contributed by atoms with van der Waals surface area (Å²) < 4.78 is 0. The zero-order valence-electron chi connectivity index (χ0n) is 13.0.